The van der Waals surface area contributed by atoms with E-state index in [0.717, 1.165) is 9.89 Å². The molecule has 0 atom stereocenters. The van der Waals surface area contributed by atoms with Crippen molar-refractivity contribution < 1.29 is 26.6 Å². The van der Waals surface area contributed by atoms with E-state index in [1.807, 2.05) is 41.5 Å². The number of hydrogen-bond donors (Lipinski definition) is 0. The Hall–Kier alpha value is 0.713. The monoisotopic (exact) mass is 434 g/mol. The first-order chi connectivity index (χ1) is 11.1. The second kappa shape index (κ2) is 13.9. The van der Waals surface area contributed by atoms with E-state index in [9.17, 15) is 0 Å². The van der Waals surface area contributed by atoms with Gasteiger partial charge in [-0.2, -0.15) is 0 Å². The van der Waals surface area contributed by atoms with Crippen molar-refractivity contribution in [2.75, 3.05) is 39.6 Å². The molecular weight excluding hydrogens is 399 g/mol. The summed E-state index contributed by atoms with van der Waals surface area (Å²) in [7, 11) is -5.16. The van der Waals surface area contributed by atoms with Crippen LogP contribution in [0.2, 0.25) is 9.89 Å². The van der Waals surface area contributed by atoms with Crippen LogP contribution in [0.3, 0.4) is 0 Å². The molecule has 0 aromatic carbocycles. The quantitative estimate of drug-likeness (QED) is 0.349. The van der Waals surface area contributed by atoms with Gasteiger partial charge in [0, 0.05) is 0 Å². The predicted molar refractivity (Wildman–Crippen MR) is 96.6 cm³/mol. The molecule has 0 unspecified atom stereocenters. The van der Waals surface area contributed by atoms with Crippen molar-refractivity contribution in [3.63, 3.8) is 0 Å². The molecule has 0 amide bonds. The van der Waals surface area contributed by atoms with Gasteiger partial charge in [0.1, 0.15) is 0 Å². The van der Waals surface area contributed by atoms with Gasteiger partial charge in [0.15, 0.2) is 0 Å². The average Bonchev–Trinajstić information content (AvgIpc) is 2.49. The summed E-state index contributed by atoms with van der Waals surface area (Å²) >= 11 is 0.220. The van der Waals surface area contributed by atoms with Crippen LogP contribution in [0.4, 0.5) is 0 Å². The zero-order valence-electron chi connectivity index (χ0n) is 15.5. The summed E-state index contributed by atoms with van der Waals surface area (Å²) < 4.78 is 35.4. The van der Waals surface area contributed by atoms with E-state index in [4.69, 9.17) is 26.6 Å². The molecule has 0 aromatic rings. The van der Waals surface area contributed by atoms with E-state index in [1.54, 1.807) is 0 Å². The standard InChI is InChI=1S/C14H34O6SeSi2/c1-7-15-22(16-8-2,17-9-3)13-21-14-23(18-10-4,19-11-5)20-12-6/h7-14H2,1-6H3. The van der Waals surface area contributed by atoms with E-state index >= 15 is 0 Å². The molecule has 0 aliphatic heterocycles. The molecule has 0 N–H and O–H groups in total. The summed E-state index contributed by atoms with van der Waals surface area (Å²) in [5.41, 5.74) is 0. The van der Waals surface area contributed by atoms with Crippen LogP contribution in [0.1, 0.15) is 41.5 Å². The maximum absolute atomic E-state index is 5.91. The third-order valence-electron chi connectivity index (χ3n) is 2.74. The molecule has 0 aromatic heterocycles. The first kappa shape index (κ1) is 23.7. The van der Waals surface area contributed by atoms with Crippen LogP contribution in [-0.2, 0) is 26.6 Å². The summed E-state index contributed by atoms with van der Waals surface area (Å²) in [6.07, 6.45) is 0. The summed E-state index contributed by atoms with van der Waals surface area (Å²) in [5.74, 6) is 0. The van der Waals surface area contributed by atoms with Crippen LogP contribution in [0.15, 0.2) is 0 Å². The van der Waals surface area contributed by atoms with Gasteiger partial charge in [-0.3, -0.25) is 0 Å². The Kier molecular flexibility index (Phi) is 14.4. The van der Waals surface area contributed by atoms with E-state index in [2.05, 4.69) is 0 Å². The molecule has 0 fully saturated rings. The van der Waals surface area contributed by atoms with Crippen molar-refractivity contribution in [1.29, 1.82) is 0 Å². The van der Waals surface area contributed by atoms with Gasteiger partial charge in [0.2, 0.25) is 0 Å². The van der Waals surface area contributed by atoms with Crippen LogP contribution in [0.5, 0.6) is 0 Å². The van der Waals surface area contributed by atoms with E-state index in [-0.39, 0.29) is 15.0 Å². The Morgan fingerprint density at radius 3 is 0.870 bits per heavy atom. The minimum atomic E-state index is -2.58. The third kappa shape index (κ3) is 9.11. The normalized spacial score (nSPS) is 12.8. The second-order valence-electron chi connectivity index (χ2n) is 4.46. The van der Waals surface area contributed by atoms with Gasteiger partial charge in [-0.1, -0.05) is 0 Å². The van der Waals surface area contributed by atoms with Crippen molar-refractivity contribution >= 4 is 32.6 Å². The van der Waals surface area contributed by atoms with Crippen molar-refractivity contribution in [2.45, 2.75) is 51.4 Å². The number of rotatable bonds is 16. The Morgan fingerprint density at radius 2 is 0.696 bits per heavy atom. The molecule has 0 rings (SSSR count). The molecule has 0 bridgehead atoms. The van der Waals surface area contributed by atoms with Crippen LogP contribution >= 0.6 is 0 Å². The molecule has 9 heteroatoms. The summed E-state index contributed by atoms with van der Waals surface area (Å²) in [6.45, 7) is 15.5. The van der Waals surface area contributed by atoms with Crippen molar-refractivity contribution in [2.24, 2.45) is 0 Å². The van der Waals surface area contributed by atoms with Crippen molar-refractivity contribution in [3.05, 3.63) is 0 Å². The average molecular weight is 434 g/mol. The van der Waals surface area contributed by atoms with Crippen LogP contribution in [0.25, 0.3) is 0 Å². The molecule has 6 nitrogen and oxygen atoms in total. The van der Waals surface area contributed by atoms with Gasteiger partial charge in [0.25, 0.3) is 0 Å². The molecular formula is C14H34O6SeSi2. The molecule has 0 spiro atoms. The summed E-state index contributed by atoms with van der Waals surface area (Å²) in [5, 5.41) is 0. The molecule has 140 valence electrons. The van der Waals surface area contributed by atoms with E-state index < -0.39 is 17.6 Å². The van der Waals surface area contributed by atoms with Gasteiger partial charge < -0.3 is 0 Å². The SMILES string of the molecule is CCO[Si](C[Se]C[Si](OCC)(OCC)OCC)(OCC)OCC. The molecule has 0 saturated carbocycles. The van der Waals surface area contributed by atoms with Crippen LogP contribution in [-0.4, -0.2) is 72.2 Å². The maximum atomic E-state index is 5.91. The molecule has 0 radical (unpaired) electrons. The first-order valence-electron chi connectivity index (χ1n) is 8.48. The second-order valence-corrected chi connectivity index (χ2v) is 14.0. The van der Waals surface area contributed by atoms with Crippen molar-refractivity contribution in [1.82, 2.24) is 0 Å². The fourth-order valence-electron chi connectivity index (χ4n) is 2.12. The Bertz CT molecular complexity index is 226. The molecule has 0 heterocycles. The number of hydrogen-bond acceptors (Lipinski definition) is 6. The van der Waals surface area contributed by atoms with Gasteiger partial charge in [-0.25, -0.2) is 0 Å². The van der Waals surface area contributed by atoms with Gasteiger partial charge in [0.05, 0.1) is 0 Å². The Morgan fingerprint density at radius 1 is 0.478 bits per heavy atom. The Labute approximate surface area is 150 Å². The Balaban J connectivity index is 4.82. The fourth-order valence-corrected chi connectivity index (χ4v) is 14.9. The van der Waals surface area contributed by atoms with Crippen LogP contribution in [0, 0.1) is 0 Å². The molecule has 0 saturated heterocycles. The third-order valence-corrected chi connectivity index (χ3v) is 15.2. The van der Waals surface area contributed by atoms with Crippen LogP contribution < -0.4 is 0 Å². The van der Waals surface area contributed by atoms with E-state index in [0.29, 0.717) is 39.6 Å². The molecule has 0 aliphatic carbocycles. The molecule has 0 aliphatic rings. The van der Waals surface area contributed by atoms with Crippen molar-refractivity contribution in [3.8, 4) is 0 Å². The fraction of sp³-hybridized carbons (Fsp3) is 1.00. The van der Waals surface area contributed by atoms with E-state index in [1.165, 1.54) is 0 Å². The zero-order chi connectivity index (χ0) is 17.6. The summed E-state index contributed by atoms with van der Waals surface area (Å²) in [6, 6.07) is 0. The zero-order valence-corrected chi connectivity index (χ0v) is 19.2. The van der Waals surface area contributed by atoms with Gasteiger partial charge >= 0.3 is 150 Å². The topological polar surface area (TPSA) is 55.4 Å². The molecule has 23 heavy (non-hydrogen) atoms. The first-order valence-corrected chi connectivity index (χ1v) is 14.8. The summed E-state index contributed by atoms with van der Waals surface area (Å²) in [4.78, 5) is 1.63. The minimum absolute atomic E-state index is 0.220. The predicted octanol–water partition coefficient (Wildman–Crippen LogP) is 2.70. The van der Waals surface area contributed by atoms with Gasteiger partial charge in [-0.05, 0) is 0 Å². The van der Waals surface area contributed by atoms with Gasteiger partial charge in [-0.15, -0.1) is 0 Å².